The topological polar surface area (TPSA) is 0 Å². The minimum atomic E-state index is 0. The van der Waals surface area contributed by atoms with E-state index in [0.29, 0.717) is 0 Å². The maximum absolute atomic E-state index is 2.36. The number of halogens is 2. The van der Waals surface area contributed by atoms with Gasteiger partial charge in [0.2, 0.25) is 0 Å². The molecule has 1 aromatic carbocycles. The Bertz CT molecular complexity index is 367. The summed E-state index contributed by atoms with van der Waals surface area (Å²) in [6.45, 7) is 4.74. The lowest BCUT2D eigenvalue weighted by molar-refractivity contribution is -0.903. The lowest BCUT2D eigenvalue weighted by Crippen LogP contribution is -3.00. The average Bonchev–Trinajstić information content (AvgIpc) is 2.49. The first-order valence-corrected chi connectivity index (χ1v) is 9.50. The third-order valence-corrected chi connectivity index (χ3v) is 4.57. The van der Waals surface area contributed by atoms with Crippen LogP contribution in [-0.4, -0.2) is 25.1 Å². The normalized spacial score (nSPS) is 10.8. The Kier molecular flexibility index (Phi) is 17.9. The van der Waals surface area contributed by atoms with Crippen molar-refractivity contribution in [2.45, 2.75) is 77.7 Å². The summed E-state index contributed by atoms with van der Waals surface area (Å²) in [4.78, 5) is 0. The Morgan fingerprint density at radius 2 is 1.17 bits per heavy atom. The van der Waals surface area contributed by atoms with Crippen molar-refractivity contribution in [2.75, 3.05) is 20.6 Å². The molecule has 1 rings (SSSR count). The van der Waals surface area contributed by atoms with Crippen molar-refractivity contribution < 1.29 is 21.5 Å². The van der Waals surface area contributed by atoms with Gasteiger partial charge in [0.1, 0.15) is 6.54 Å². The van der Waals surface area contributed by atoms with Crippen LogP contribution in [0.5, 0.6) is 0 Å². The fourth-order valence-corrected chi connectivity index (χ4v) is 3.18. The molecule has 0 aliphatic carbocycles. The standard InChI is InChI=1S/C21H38N.BrH.ClH/c1-4-5-6-7-8-9-10-11-12-16-19-22(2,3)20-21-17-14-13-15-18-21;;/h13-15,17-18H,4-12,16,19-20H2,1-3H3;2*1H/q+1;;/p-1. The van der Waals surface area contributed by atoms with Crippen LogP contribution < -0.4 is 17.0 Å². The number of rotatable bonds is 13. The minimum absolute atomic E-state index is 0. The van der Waals surface area contributed by atoms with Crippen molar-refractivity contribution in [3.8, 4) is 0 Å². The van der Waals surface area contributed by atoms with Crippen LogP contribution in [0.2, 0.25) is 0 Å². The quantitative estimate of drug-likeness (QED) is 0.338. The molecule has 0 fully saturated rings. The van der Waals surface area contributed by atoms with E-state index < -0.39 is 0 Å². The van der Waals surface area contributed by atoms with E-state index >= 15 is 0 Å². The summed E-state index contributed by atoms with van der Waals surface area (Å²) in [5.74, 6) is 0. The SMILES string of the molecule is CCCCCCCCCCCC[N+](C)(C)Cc1ccccc1.Cl.[Br-]. The molecule has 0 unspecified atom stereocenters. The highest BCUT2D eigenvalue weighted by Gasteiger charge is 2.14. The van der Waals surface area contributed by atoms with E-state index in [1.54, 1.807) is 0 Å². The van der Waals surface area contributed by atoms with E-state index in [-0.39, 0.29) is 29.4 Å². The van der Waals surface area contributed by atoms with E-state index in [0.717, 1.165) is 11.0 Å². The molecule has 0 N–H and O–H groups in total. The second-order valence-electron chi connectivity index (χ2n) is 7.49. The number of benzene rings is 1. The molecular formula is C21H39BrClN. The maximum Gasteiger partial charge on any atom is 0.104 e. The smallest absolute Gasteiger partial charge is 0.104 e. The van der Waals surface area contributed by atoms with Crippen molar-refractivity contribution in [2.24, 2.45) is 0 Å². The molecule has 0 aromatic heterocycles. The summed E-state index contributed by atoms with van der Waals surface area (Å²) in [7, 11) is 4.72. The molecule has 3 heteroatoms. The molecule has 142 valence electrons. The molecule has 0 saturated carbocycles. The molecule has 1 nitrogen and oxygen atoms in total. The molecule has 0 bridgehead atoms. The molecule has 0 aliphatic rings. The highest BCUT2D eigenvalue weighted by atomic mass is 79.9. The lowest BCUT2D eigenvalue weighted by atomic mass is 10.1. The van der Waals surface area contributed by atoms with Gasteiger partial charge in [0.15, 0.2) is 0 Å². The largest absolute Gasteiger partial charge is 1.00 e. The van der Waals surface area contributed by atoms with Crippen LogP contribution in [-0.2, 0) is 6.54 Å². The number of quaternary nitrogens is 1. The van der Waals surface area contributed by atoms with Crippen molar-refractivity contribution in [3.63, 3.8) is 0 Å². The zero-order valence-corrected chi connectivity index (χ0v) is 18.5. The Morgan fingerprint density at radius 3 is 1.67 bits per heavy atom. The van der Waals surface area contributed by atoms with Crippen LogP contribution >= 0.6 is 12.4 Å². The first kappa shape index (κ1) is 26.2. The second-order valence-corrected chi connectivity index (χ2v) is 7.49. The number of hydrogen-bond acceptors (Lipinski definition) is 0. The van der Waals surface area contributed by atoms with Gasteiger partial charge in [-0.25, -0.2) is 0 Å². The van der Waals surface area contributed by atoms with E-state index in [2.05, 4.69) is 51.4 Å². The molecule has 0 aliphatic heterocycles. The molecule has 1 aromatic rings. The van der Waals surface area contributed by atoms with Gasteiger partial charge in [0.05, 0.1) is 20.6 Å². The van der Waals surface area contributed by atoms with Gasteiger partial charge in [-0.3, -0.25) is 0 Å². The Morgan fingerprint density at radius 1 is 0.708 bits per heavy atom. The summed E-state index contributed by atoms with van der Waals surface area (Å²) in [5.41, 5.74) is 1.46. The fraction of sp³-hybridized carbons (Fsp3) is 0.714. The summed E-state index contributed by atoms with van der Waals surface area (Å²) in [5, 5.41) is 0. The van der Waals surface area contributed by atoms with Crippen molar-refractivity contribution >= 4 is 12.4 Å². The first-order chi connectivity index (χ1) is 10.6. The molecule has 0 saturated heterocycles. The average molecular weight is 421 g/mol. The van der Waals surface area contributed by atoms with Gasteiger partial charge in [0.25, 0.3) is 0 Å². The predicted molar refractivity (Wildman–Crippen MR) is 106 cm³/mol. The van der Waals surface area contributed by atoms with Gasteiger partial charge in [-0.1, -0.05) is 88.6 Å². The van der Waals surface area contributed by atoms with Gasteiger partial charge in [-0.2, -0.15) is 0 Å². The van der Waals surface area contributed by atoms with Crippen LogP contribution in [0.15, 0.2) is 30.3 Å². The van der Waals surface area contributed by atoms with Gasteiger partial charge >= 0.3 is 0 Å². The zero-order chi connectivity index (χ0) is 16.1. The molecular weight excluding hydrogens is 382 g/mol. The fourth-order valence-electron chi connectivity index (χ4n) is 3.18. The molecule has 0 spiro atoms. The first-order valence-electron chi connectivity index (χ1n) is 9.50. The number of nitrogens with zero attached hydrogens (tertiary/aromatic N) is 1. The molecule has 0 amide bonds. The predicted octanol–water partition coefficient (Wildman–Crippen LogP) is 3.61. The van der Waals surface area contributed by atoms with Crippen LogP contribution in [0.1, 0.15) is 76.7 Å². The highest BCUT2D eigenvalue weighted by molar-refractivity contribution is 5.85. The van der Waals surface area contributed by atoms with Crippen LogP contribution in [0.3, 0.4) is 0 Å². The van der Waals surface area contributed by atoms with Gasteiger partial charge in [0, 0.05) is 5.56 Å². The summed E-state index contributed by atoms with van der Waals surface area (Å²) in [6, 6.07) is 10.9. The lowest BCUT2D eigenvalue weighted by Gasteiger charge is -2.30. The molecule has 0 radical (unpaired) electrons. The monoisotopic (exact) mass is 419 g/mol. The highest BCUT2D eigenvalue weighted by Crippen LogP contribution is 2.13. The van der Waals surface area contributed by atoms with E-state index in [4.69, 9.17) is 0 Å². The summed E-state index contributed by atoms with van der Waals surface area (Å²) in [6.07, 6.45) is 14.2. The van der Waals surface area contributed by atoms with E-state index in [9.17, 15) is 0 Å². The summed E-state index contributed by atoms with van der Waals surface area (Å²) >= 11 is 0. The molecule has 0 atom stereocenters. The third-order valence-electron chi connectivity index (χ3n) is 4.57. The van der Waals surface area contributed by atoms with Gasteiger partial charge in [-0.15, -0.1) is 12.4 Å². The third kappa shape index (κ3) is 14.3. The molecule has 0 heterocycles. The Labute approximate surface area is 168 Å². The van der Waals surface area contributed by atoms with Gasteiger partial charge < -0.3 is 21.5 Å². The van der Waals surface area contributed by atoms with Crippen molar-refractivity contribution in [1.82, 2.24) is 0 Å². The van der Waals surface area contributed by atoms with Crippen LogP contribution in [0.4, 0.5) is 0 Å². The van der Waals surface area contributed by atoms with E-state index in [1.807, 2.05) is 0 Å². The second kappa shape index (κ2) is 16.4. The Balaban J connectivity index is 0. The van der Waals surface area contributed by atoms with E-state index in [1.165, 1.54) is 76.3 Å². The van der Waals surface area contributed by atoms with Crippen LogP contribution in [0.25, 0.3) is 0 Å². The number of hydrogen-bond donors (Lipinski definition) is 0. The summed E-state index contributed by atoms with van der Waals surface area (Å²) < 4.78 is 1.11. The minimum Gasteiger partial charge on any atom is -1.00 e. The van der Waals surface area contributed by atoms with Crippen molar-refractivity contribution in [3.05, 3.63) is 35.9 Å². The zero-order valence-electron chi connectivity index (χ0n) is 16.1. The number of unbranched alkanes of at least 4 members (excludes halogenated alkanes) is 9. The van der Waals surface area contributed by atoms with Crippen molar-refractivity contribution in [1.29, 1.82) is 0 Å². The molecule has 24 heavy (non-hydrogen) atoms. The Hall–Kier alpha value is -0.0500. The maximum atomic E-state index is 2.36. The van der Waals surface area contributed by atoms with Gasteiger partial charge in [-0.05, 0) is 12.8 Å². The van der Waals surface area contributed by atoms with Crippen LogP contribution in [0, 0.1) is 0 Å².